The van der Waals surface area contributed by atoms with E-state index in [1.807, 2.05) is 0 Å². The van der Waals surface area contributed by atoms with Crippen LogP contribution in [0.15, 0.2) is 42.5 Å². The van der Waals surface area contributed by atoms with Gasteiger partial charge >= 0.3 is 0 Å². The fraction of sp³-hybridized carbons (Fsp3) is 0.125. The molecule has 0 fully saturated rings. The molecule has 2 aromatic rings. The minimum atomic E-state index is -1.02. The van der Waals surface area contributed by atoms with Gasteiger partial charge in [-0.3, -0.25) is 9.59 Å². The highest BCUT2D eigenvalue weighted by Crippen LogP contribution is 2.29. The number of fused-ring (bicyclic) bond motifs is 1. The molecule has 1 unspecified atom stereocenters. The summed E-state index contributed by atoms with van der Waals surface area (Å²) >= 11 is 0. The molecule has 1 atom stereocenters. The molecule has 2 amide bonds. The van der Waals surface area contributed by atoms with E-state index in [1.54, 1.807) is 24.3 Å². The van der Waals surface area contributed by atoms with Crippen molar-refractivity contribution in [1.82, 2.24) is 0 Å². The highest BCUT2D eigenvalue weighted by atomic mass is 19.1. The number of para-hydroxylation sites is 2. The summed E-state index contributed by atoms with van der Waals surface area (Å²) < 4.78 is 31.8. The fourth-order valence-corrected chi connectivity index (χ4v) is 2.19. The molecule has 5 nitrogen and oxygen atoms in total. The molecule has 2 aromatic carbocycles. The van der Waals surface area contributed by atoms with Crippen LogP contribution in [0, 0.1) is 11.6 Å². The van der Waals surface area contributed by atoms with Crippen LogP contribution in [-0.2, 0) is 9.59 Å². The van der Waals surface area contributed by atoms with Crippen LogP contribution in [0.3, 0.4) is 0 Å². The molecule has 7 heteroatoms. The predicted molar refractivity (Wildman–Crippen MR) is 79.1 cm³/mol. The molecule has 0 aromatic heterocycles. The van der Waals surface area contributed by atoms with Gasteiger partial charge in [0.25, 0.3) is 5.91 Å². The van der Waals surface area contributed by atoms with Crippen molar-refractivity contribution >= 4 is 23.2 Å². The number of benzene rings is 2. The maximum atomic E-state index is 13.5. The minimum absolute atomic E-state index is 0.159. The zero-order valence-electron chi connectivity index (χ0n) is 11.8. The predicted octanol–water partition coefficient (Wildman–Crippen LogP) is 2.69. The van der Waals surface area contributed by atoms with E-state index in [2.05, 4.69) is 10.6 Å². The van der Waals surface area contributed by atoms with Crippen LogP contribution in [0.2, 0.25) is 0 Å². The van der Waals surface area contributed by atoms with Gasteiger partial charge in [-0.2, -0.15) is 0 Å². The summed E-state index contributed by atoms with van der Waals surface area (Å²) in [5, 5.41) is 4.92. The zero-order chi connectivity index (χ0) is 16.4. The van der Waals surface area contributed by atoms with E-state index in [0.717, 1.165) is 12.1 Å². The fourth-order valence-electron chi connectivity index (χ4n) is 2.19. The second-order valence-corrected chi connectivity index (χ2v) is 4.97. The van der Waals surface area contributed by atoms with Gasteiger partial charge in [-0.15, -0.1) is 0 Å². The lowest BCUT2D eigenvalue weighted by atomic mass is 10.1. The topological polar surface area (TPSA) is 67.4 Å². The number of hydrogen-bond acceptors (Lipinski definition) is 3. The Bertz CT molecular complexity index is 780. The Labute approximate surface area is 130 Å². The molecule has 3 rings (SSSR count). The third-order valence-corrected chi connectivity index (χ3v) is 3.28. The van der Waals surface area contributed by atoms with E-state index in [4.69, 9.17) is 4.74 Å². The molecular weight excluding hydrogens is 306 g/mol. The Kier molecular flexibility index (Phi) is 3.92. The van der Waals surface area contributed by atoms with Crippen LogP contribution in [-0.4, -0.2) is 17.9 Å². The number of halogens is 2. The van der Waals surface area contributed by atoms with Gasteiger partial charge in [0, 0.05) is 6.07 Å². The van der Waals surface area contributed by atoms with Gasteiger partial charge in [0.1, 0.15) is 17.4 Å². The first-order valence-corrected chi connectivity index (χ1v) is 6.84. The average Bonchev–Trinajstić information content (AvgIpc) is 2.51. The van der Waals surface area contributed by atoms with Crippen molar-refractivity contribution < 1.29 is 23.1 Å². The Morgan fingerprint density at radius 1 is 1.22 bits per heavy atom. The number of rotatable bonds is 3. The number of hydrogen-bond donors (Lipinski definition) is 2. The summed E-state index contributed by atoms with van der Waals surface area (Å²) in [5.74, 6) is -2.25. The number of carbonyl (C=O) groups excluding carboxylic acids is 2. The molecule has 2 N–H and O–H groups in total. The molecule has 1 heterocycles. The smallest absolute Gasteiger partial charge is 0.266 e. The summed E-state index contributed by atoms with van der Waals surface area (Å²) in [4.78, 5) is 23.9. The Balaban J connectivity index is 1.67. The van der Waals surface area contributed by atoms with Gasteiger partial charge in [0.05, 0.1) is 17.8 Å². The Morgan fingerprint density at radius 2 is 2.00 bits per heavy atom. The quantitative estimate of drug-likeness (QED) is 0.914. The number of carbonyl (C=O) groups is 2. The highest BCUT2D eigenvalue weighted by Gasteiger charge is 2.29. The summed E-state index contributed by atoms with van der Waals surface area (Å²) in [5.41, 5.74) is 0.367. The maximum Gasteiger partial charge on any atom is 0.266 e. The van der Waals surface area contributed by atoms with Crippen molar-refractivity contribution in [3.05, 3.63) is 54.1 Å². The maximum absolute atomic E-state index is 13.5. The van der Waals surface area contributed by atoms with Gasteiger partial charge in [0.2, 0.25) is 5.91 Å². The first-order chi connectivity index (χ1) is 11.0. The van der Waals surface area contributed by atoms with Crippen LogP contribution in [0.25, 0.3) is 0 Å². The van der Waals surface area contributed by atoms with Gasteiger partial charge in [-0.05, 0) is 24.3 Å². The molecule has 1 aliphatic heterocycles. The minimum Gasteiger partial charge on any atom is -0.478 e. The molecule has 0 bridgehead atoms. The van der Waals surface area contributed by atoms with Crippen molar-refractivity contribution in [1.29, 1.82) is 0 Å². The van der Waals surface area contributed by atoms with Crippen molar-refractivity contribution in [3.63, 3.8) is 0 Å². The molecule has 1 aliphatic rings. The van der Waals surface area contributed by atoms with Crippen molar-refractivity contribution in [3.8, 4) is 5.75 Å². The van der Waals surface area contributed by atoms with Gasteiger partial charge < -0.3 is 15.4 Å². The monoisotopic (exact) mass is 318 g/mol. The molecule has 0 radical (unpaired) electrons. The van der Waals surface area contributed by atoms with Gasteiger partial charge in [-0.1, -0.05) is 12.1 Å². The van der Waals surface area contributed by atoms with Crippen molar-refractivity contribution in [2.75, 3.05) is 10.6 Å². The lowest BCUT2D eigenvalue weighted by Gasteiger charge is -2.25. The number of anilines is 2. The van der Waals surface area contributed by atoms with E-state index < -0.39 is 29.6 Å². The first kappa shape index (κ1) is 15.0. The number of amides is 2. The van der Waals surface area contributed by atoms with Crippen LogP contribution in [0.4, 0.5) is 20.2 Å². The highest BCUT2D eigenvalue weighted by molar-refractivity contribution is 6.01. The number of nitrogens with one attached hydrogen (secondary N) is 2. The third-order valence-electron chi connectivity index (χ3n) is 3.28. The standard InChI is InChI=1S/C16H12F2N2O3/c17-9-5-6-11(10(18)7-9)19-15(21)8-14-16(22)20-12-3-1-2-4-13(12)23-14/h1-7,14H,8H2,(H,19,21)(H,20,22). The summed E-state index contributed by atoms with van der Waals surface area (Å²) in [6.07, 6.45) is -1.31. The molecule has 0 saturated heterocycles. The summed E-state index contributed by atoms with van der Waals surface area (Å²) in [6.45, 7) is 0. The van der Waals surface area contributed by atoms with Gasteiger partial charge in [-0.25, -0.2) is 8.78 Å². The second kappa shape index (κ2) is 6.04. The summed E-state index contributed by atoms with van der Waals surface area (Å²) in [6, 6.07) is 9.62. The van der Waals surface area contributed by atoms with Crippen molar-refractivity contribution in [2.45, 2.75) is 12.5 Å². The Hall–Kier alpha value is -2.96. The molecule has 23 heavy (non-hydrogen) atoms. The van der Waals surface area contributed by atoms with Crippen LogP contribution in [0.5, 0.6) is 5.75 Å². The molecule has 118 valence electrons. The van der Waals surface area contributed by atoms with E-state index in [0.29, 0.717) is 17.5 Å². The van der Waals surface area contributed by atoms with E-state index >= 15 is 0 Å². The molecule has 0 spiro atoms. The van der Waals surface area contributed by atoms with Gasteiger partial charge in [0.15, 0.2) is 6.10 Å². The van der Waals surface area contributed by atoms with Crippen LogP contribution in [0.1, 0.15) is 6.42 Å². The van der Waals surface area contributed by atoms with E-state index in [-0.39, 0.29) is 12.1 Å². The average molecular weight is 318 g/mol. The first-order valence-electron chi connectivity index (χ1n) is 6.84. The number of ether oxygens (including phenoxy) is 1. The zero-order valence-corrected chi connectivity index (χ0v) is 11.8. The molecule has 0 aliphatic carbocycles. The Morgan fingerprint density at radius 3 is 2.78 bits per heavy atom. The lowest BCUT2D eigenvalue weighted by molar-refractivity contribution is -0.128. The normalized spacial score (nSPS) is 16.1. The lowest BCUT2D eigenvalue weighted by Crippen LogP contribution is -2.39. The third kappa shape index (κ3) is 3.28. The second-order valence-electron chi connectivity index (χ2n) is 4.97. The van der Waals surface area contributed by atoms with Crippen molar-refractivity contribution in [2.24, 2.45) is 0 Å². The molecule has 0 saturated carbocycles. The van der Waals surface area contributed by atoms with E-state index in [1.165, 1.54) is 0 Å². The van der Waals surface area contributed by atoms with Crippen LogP contribution < -0.4 is 15.4 Å². The summed E-state index contributed by atoms with van der Waals surface area (Å²) in [7, 11) is 0. The molecular formula is C16H12F2N2O3. The SMILES string of the molecule is O=C(CC1Oc2ccccc2NC1=O)Nc1ccc(F)cc1F. The van der Waals surface area contributed by atoms with Crippen LogP contribution >= 0.6 is 0 Å². The largest absolute Gasteiger partial charge is 0.478 e. The van der Waals surface area contributed by atoms with E-state index in [9.17, 15) is 18.4 Å².